The number of nitrogens with one attached hydrogen (secondary N) is 1. The number of amides is 1. The van der Waals surface area contributed by atoms with Crippen molar-refractivity contribution < 1.29 is 14.3 Å². The predicted octanol–water partition coefficient (Wildman–Crippen LogP) is 3.95. The van der Waals surface area contributed by atoms with Crippen LogP contribution in [-0.2, 0) is 16.1 Å². The summed E-state index contributed by atoms with van der Waals surface area (Å²) in [5.41, 5.74) is 0.877. The Labute approximate surface area is 154 Å². The Hall–Kier alpha value is -1.63. The molecule has 0 saturated carbocycles. The molecule has 1 amide bonds. The second-order valence-electron chi connectivity index (χ2n) is 5.39. The van der Waals surface area contributed by atoms with E-state index in [0.29, 0.717) is 6.54 Å². The molecule has 0 saturated heterocycles. The number of halogens is 2. The van der Waals surface area contributed by atoms with E-state index in [-0.39, 0.29) is 26.9 Å². The Kier molecular flexibility index (Phi) is 6.60. The molecule has 24 heavy (non-hydrogen) atoms. The van der Waals surface area contributed by atoms with Crippen molar-refractivity contribution in [3.8, 4) is 0 Å². The minimum Gasteiger partial charge on any atom is -0.447 e. The first kappa shape index (κ1) is 18.7. The molecule has 128 valence electrons. The highest BCUT2D eigenvalue weighted by Gasteiger charge is 2.29. The largest absolute Gasteiger partial charge is 0.447 e. The molecule has 1 N–H and O–H groups in total. The molecule has 0 aliphatic rings. The number of benzene rings is 1. The van der Waals surface area contributed by atoms with Gasteiger partial charge in [-0.25, -0.2) is 4.79 Å². The third-order valence-corrected chi connectivity index (χ3v) is 4.81. The third-order valence-electron chi connectivity index (χ3n) is 3.20. The number of carbonyl (C=O) groups excluding carboxylic acids is 2. The Morgan fingerprint density at radius 3 is 2.46 bits per heavy atom. The van der Waals surface area contributed by atoms with Crippen LogP contribution in [0.1, 0.15) is 29.9 Å². The van der Waals surface area contributed by atoms with Gasteiger partial charge in [-0.05, 0) is 23.0 Å². The quantitative estimate of drug-likeness (QED) is 0.763. The summed E-state index contributed by atoms with van der Waals surface area (Å²) < 4.78 is 9.35. The van der Waals surface area contributed by atoms with E-state index in [0.717, 1.165) is 17.1 Å². The highest BCUT2D eigenvalue weighted by molar-refractivity contribution is 7.11. The molecule has 1 heterocycles. The second kappa shape index (κ2) is 8.46. The molecule has 0 unspecified atom stereocenters. The first-order valence-electron chi connectivity index (χ1n) is 7.23. The fourth-order valence-corrected chi connectivity index (χ4v) is 2.92. The monoisotopic (exact) mass is 386 g/mol. The molecular formula is C16H16Cl2N2O3S. The smallest absolute Gasteiger partial charge is 0.360 e. The van der Waals surface area contributed by atoms with Crippen LogP contribution in [0.5, 0.6) is 0 Å². The molecule has 5 nitrogen and oxygen atoms in total. The van der Waals surface area contributed by atoms with Crippen LogP contribution < -0.4 is 5.32 Å². The molecule has 8 heteroatoms. The normalized spacial score (nSPS) is 12.0. The van der Waals surface area contributed by atoms with Crippen molar-refractivity contribution in [1.82, 2.24) is 9.69 Å². The van der Waals surface area contributed by atoms with Crippen molar-refractivity contribution in [2.45, 2.75) is 26.5 Å². The van der Waals surface area contributed by atoms with Gasteiger partial charge in [-0.2, -0.15) is 4.37 Å². The number of hydrogen-bond acceptors (Lipinski definition) is 5. The first-order chi connectivity index (χ1) is 11.4. The number of rotatable bonds is 6. The molecule has 0 aliphatic carbocycles. The van der Waals surface area contributed by atoms with Crippen LogP contribution in [0.2, 0.25) is 9.36 Å². The van der Waals surface area contributed by atoms with Gasteiger partial charge >= 0.3 is 5.97 Å². The second-order valence-corrected chi connectivity index (χ2v) is 7.15. The van der Waals surface area contributed by atoms with Crippen LogP contribution in [0.4, 0.5) is 0 Å². The van der Waals surface area contributed by atoms with Crippen molar-refractivity contribution in [3.05, 3.63) is 50.9 Å². The average molecular weight is 387 g/mol. The maximum Gasteiger partial charge on any atom is 0.360 e. The van der Waals surface area contributed by atoms with E-state index in [1.54, 1.807) is 13.8 Å². The highest BCUT2D eigenvalue weighted by atomic mass is 35.5. The highest BCUT2D eigenvalue weighted by Crippen LogP contribution is 2.30. The molecule has 0 aliphatic heterocycles. The van der Waals surface area contributed by atoms with Crippen molar-refractivity contribution in [2.75, 3.05) is 0 Å². The summed E-state index contributed by atoms with van der Waals surface area (Å²) in [4.78, 5) is 24.5. The number of esters is 1. The summed E-state index contributed by atoms with van der Waals surface area (Å²) >= 11 is 12.6. The lowest BCUT2D eigenvalue weighted by Gasteiger charge is -2.20. The van der Waals surface area contributed by atoms with Gasteiger partial charge in [0.2, 0.25) is 0 Å². The summed E-state index contributed by atoms with van der Waals surface area (Å²) in [7, 11) is 0. The maximum absolute atomic E-state index is 12.3. The number of hydrogen-bond donors (Lipinski definition) is 1. The Balaban J connectivity index is 2.02. The van der Waals surface area contributed by atoms with E-state index >= 15 is 0 Å². The van der Waals surface area contributed by atoms with Gasteiger partial charge in [0, 0.05) is 6.54 Å². The van der Waals surface area contributed by atoms with Gasteiger partial charge in [-0.1, -0.05) is 67.4 Å². The van der Waals surface area contributed by atoms with E-state index in [1.807, 2.05) is 30.3 Å². The summed E-state index contributed by atoms with van der Waals surface area (Å²) in [6.45, 7) is 3.93. The molecular weight excluding hydrogens is 371 g/mol. The van der Waals surface area contributed by atoms with Crippen molar-refractivity contribution in [1.29, 1.82) is 0 Å². The van der Waals surface area contributed by atoms with E-state index in [4.69, 9.17) is 27.9 Å². The number of aromatic nitrogens is 1. The van der Waals surface area contributed by atoms with Crippen LogP contribution in [0.15, 0.2) is 30.3 Å². The molecule has 1 atom stereocenters. The van der Waals surface area contributed by atoms with Gasteiger partial charge in [0.05, 0.1) is 0 Å². The van der Waals surface area contributed by atoms with Crippen molar-refractivity contribution >= 4 is 46.6 Å². The molecule has 0 radical (unpaired) electrons. The Morgan fingerprint density at radius 1 is 1.25 bits per heavy atom. The molecule has 0 bridgehead atoms. The molecule has 0 spiro atoms. The lowest BCUT2D eigenvalue weighted by atomic mass is 10.1. The number of nitrogens with zero attached hydrogens (tertiary/aromatic N) is 1. The lowest BCUT2D eigenvalue weighted by Crippen LogP contribution is -2.40. The van der Waals surface area contributed by atoms with E-state index in [9.17, 15) is 9.59 Å². The summed E-state index contributed by atoms with van der Waals surface area (Å²) in [6, 6.07) is 9.46. The standard InChI is InChI=1S/C16H16Cl2N2O3S/c1-9(2)13(15(21)19-8-10-6-4-3-5-7-10)23-16(22)12-11(17)14(18)24-20-12/h3-7,9,13H,8H2,1-2H3,(H,19,21)/t13-/m1/s1. The fraction of sp³-hybridized carbons (Fsp3) is 0.312. The number of ether oxygens (including phenoxy) is 1. The average Bonchev–Trinajstić information content (AvgIpc) is 2.90. The van der Waals surface area contributed by atoms with E-state index in [2.05, 4.69) is 9.69 Å². The van der Waals surface area contributed by atoms with Gasteiger partial charge in [0.25, 0.3) is 5.91 Å². The molecule has 1 aromatic carbocycles. The van der Waals surface area contributed by atoms with Crippen LogP contribution >= 0.6 is 34.7 Å². The Morgan fingerprint density at radius 2 is 1.92 bits per heavy atom. The zero-order valence-electron chi connectivity index (χ0n) is 13.1. The zero-order valence-corrected chi connectivity index (χ0v) is 15.4. The van der Waals surface area contributed by atoms with Crippen LogP contribution in [0.25, 0.3) is 0 Å². The first-order valence-corrected chi connectivity index (χ1v) is 8.76. The maximum atomic E-state index is 12.3. The third kappa shape index (κ3) is 4.69. The zero-order chi connectivity index (χ0) is 17.7. The summed E-state index contributed by atoms with van der Waals surface area (Å²) in [5.74, 6) is -1.35. The van der Waals surface area contributed by atoms with Crippen molar-refractivity contribution in [2.24, 2.45) is 5.92 Å². The van der Waals surface area contributed by atoms with Crippen LogP contribution in [-0.4, -0.2) is 22.4 Å². The van der Waals surface area contributed by atoms with Gasteiger partial charge in [0.15, 0.2) is 11.8 Å². The molecule has 0 fully saturated rings. The summed E-state index contributed by atoms with van der Waals surface area (Å²) in [6.07, 6.45) is -0.947. The van der Waals surface area contributed by atoms with E-state index in [1.165, 1.54) is 0 Å². The number of carbonyl (C=O) groups is 2. The fourth-order valence-electron chi connectivity index (χ4n) is 1.93. The lowest BCUT2D eigenvalue weighted by molar-refractivity contribution is -0.132. The minimum absolute atomic E-state index is 0.0406. The van der Waals surface area contributed by atoms with Crippen LogP contribution in [0.3, 0.4) is 0 Å². The van der Waals surface area contributed by atoms with Gasteiger partial charge in [-0.3, -0.25) is 4.79 Å². The van der Waals surface area contributed by atoms with Gasteiger partial charge in [-0.15, -0.1) is 0 Å². The van der Waals surface area contributed by atoms with Gasteiger partial charge < -0.3 is 10.1 Å². The van der Waals surface area contributed by atoms with Crippen molar-refractivity contribution in [3.63, 3.8) is 0 Å². The molecule has 1 aromatic heterocycles. The van der Waals surface area contributed by atoms with Gasteiger partial charge in [0.1, 0.15) is 9.36 Å². The predicted molar refractivity (Wildman–Crippen MR) is 94.5 cm³/mol. The molecule has 2 aromatic rings. The SMILES string of the molecule is CC(C)[C@@H](OC(=O)c1nsc(Cl)c1Cl)C(=O)NCc1ccccc1. The molecule has 2 rings (SSSR count). The minimum atomic E-state index is -0.947. The van der Waals surface area contributed by atoms with E-state index < -0.39 is 12.1 Å². The summed E-state index contributed by atoms with van der Waals surface area (Å²) in [5, 5.41) is 2.80. The topological polar surface area (TPSA) is 68.3 Å². The van der Waals surface area contributed by atoms with Crippen LogP contribution in [0, 0.1) is 5.92 Å². The Bertz CT molecular complexity index is 719.